The van der Waals surface area contributed by atoms with Gasteiger partial charge >= 0.3 is 0 Å². The van der Waals surface area contributed by atoms with Crippen molar-refractivity contribution in [3.8, 4) is 0 Å². The Balaban J connectivity index is 0.811. The van der Waals surface area contributed by atoms with Gasteiger partial charge in [0.05, 0.1) is 0 Å². The van der Waals surface area contributed by atoms with Gasteiger partial charge in [0, 0.05) is 99.1 Å². The minimum atomic E-state index is -0.0581. The minimum absolute atomic E-state index is 0.0581. The number of anilines is 6. The number of furan rings is 4. The molecule has 0 amide bonds. The molecule has 15 aromatic rings. The van der Waals surface area contributed by atoms with E-state index in [0.29, 0.717) is 11.8 Å². The Morgan fingerprint density at radius 3 is 1.00 bits per heavy atom. The molecule has 6 nitrogen and oxygen atoms in total. The van der Waals surface area contributed by atoms with Crippen LogP contribution in [-0.4, -0.2) is 0 Å². The Morgan fingerprint density at radius 2 is 0.610 bits per heavy atom. The van der Waals surface area contributed by atoms with Crippen molar-refractivity contribution in [2.45, 2.75) is 91.9 Å². The summed E-state index contributed by atoms with van der Waals surface area (Å²) in [6, 6.07) is 70.8. The van der Waals surface area contributed by atoms with Gasteiger partial charge in [0.15, 0.2) is 0 Å². The average molecular weight is 1070 g/mol. The fourth-order valence-corrected chi connectivity index (χ4v) is 12.8. The average Bonchev–Trinajstić information content (AvgIpc) is 3.61. The van der Waals surface area contributed by atoms with Crippen LogP contribution >= 0.6 is 0 Å². The van der Waals surface area contributed by atoms with Crippen LogP contribution in [-0.2, 0) is 10.8 Å². The summed E-state index contributed by atoms with van der Waals surface area (Å²) >= 11 is 0. The second-order valence-electron chi connectivity index (χ2n) is 25.3. The maximum absolute atomic E-state index is 6.93. The van der Waals surface area contributed by atoms with Crippen LogP contribution < -0.4 is 9.80 Å². The molecule has 402 valence electrons. The van der Waals surface area contributed by atoms with Gasteiger partial charge in [0.1, 0.15) is 44.7 Å². The van der Waals surface area contributed by atoms with Gasteiger partial charge in [-0.15, -0.1) is 0 Å². The fourth-order valence-electron chi connectivity index (χ4n) is 12.8. The Morgan fingerprint density at radius 1 is 0.280 bits per heavy atom. The predicted octanol–water partition coefficient (Wildman–Crippen LogP) is 23.4. The van der Waals surface area contributed by atoms with Gasteiger partial charge in [-0.1, -0.05) is 142 Å². The summed E-state index contributed by atoms with van der Waals surface area (Å²) in [7, 11) is 0. The predicted molar refractivity (Wildman–Crippen MR) is 346 cm³/mol. The highest BCUT2D eigenvalue weighted by Gasteiger charge is 2.26. The standard InChI is InChI=1S/C76H64N2O4/c1-43(2)45-17-23-49(24-18-45)77(53-29-35-67-61(39-53)57-13-11-15-65(73(57)79-67)75(5,6)7)51-27-33-55-47(37-51)21-31-59-63-41-70-64(42-69(63)81-71(55)59)60-32-22-48-38-52(28-34-56(48)72(60)82-70)78(50-25-19-46(20-26-50)44(3)4)54-30-36-68-62(40-54)58-14-12-16-66(74(58)80-68)76(8,9)10/h11-44H,1-10H3. The zero-order chi connectivity index (χ0) is 56.1. The first kappa shape index (κ1) is 49.8. The van der Waals surface area contributed by atoms with Crippen molar-refractivity contribution in [1.82, 2.24) is 0 Å². The molecular formula is C76H64N2O4. The molecule has 0 saturated carbocycles. The third-order valence-electron chi connectivity index (χ3n) is 17.2. The smallest absolute Gasteiger partial charge is 0.143 e. The highest BCUT2D eigenvalue weighted by molar-refractivity contribution is 6.22. The minimum Gasteiger partial charge on any atom is -0.456 e. The molecule has 6 heteroatoms. The molecule has 0 aliphatic rings. The first-order chi connectivity index (χ1) is 39.5. The van der Waals surface area contributed by atoms with Crippen molar-refractivity contribution < 1.29 is 17.7 Å². The van der Waals surface area contributed by atoms with Gasteiger partial charge in [-0.2, -0.15) is 0 Å². The van der Waals surface area contributed by atoms with Gasteiger partial charge in [0.2, 0.25) is 0 Å². The highest BCUT2D eigenvalue weighted by atomic mass is 16.3. The first-order valence-electron chi connectivity index (χ1n) is 28.9. The lowest BCUT2D eigenvalue weighted by molar-refractivity contribution is 0.572. The van der Waals surface area contributed by atoms with Gasteiger partial charge in [-0.25, -0.2) is 0 Å². The van der Waals surface area contributed by atoms with Crippen LogP contribution in [0.5, 0.6) is 0 Å². The molecule has 0 saturated heterocycles. The SMILES string of the molecule is CC(C)c1ccc(N(c2ccc3c(ccc4c5cc6oc7c8ccc(N(c9ccc(C(C)C)cc9)c9ccc%10oc%11c(C(C)(C)C)cccc%11c%10c9)cc8ccc7c6cc5oc34)c2)c2ccc3oc4c(C(C)(C)C)cccc4c3c2)cc1. The molecule has 4 aromatic heterocycles. The molecule has 0 unspecified atom stereocenters. The van der Waals surface area contributed by atoms with E-state index in [1.54, 1.807) is 0 Å². The van der Waals surface area contributed by atoms with Crippen LogP contribution in [0.4, 0.5) is 34.1 Å². The summed E-state index contributed by atoms with van der Waals surface area (Å²) in [5.74, 6) is 0.849. The summed E-state index contributed by atoms with van der Waals surface area (Å²) in [5, 5.41) is 12.9. The highest BCUT2D eigenvalue weighted by Crippen LogP contribution is 2.47. The summed E-state index contributed by atoms with van der Waals surface area (Å²) in [6.45, 7) is 22.4. The van der Waals surface area contributed by atoms with E-state index >= 15 is 0 Å². The Bertz CT molecular complexity index is 4750. The molecule has 0 bridgehead atoms. The van der Waals surface area contributed by atoms with E-state index in [4.69, 9.17) is 17.7 Å². The van der Waals surface area contributed by atoms with Crippen molar-refractivity contribution in [2.24, 2.45) is 0 Å². The summed E-state index contributed by atoms with van der Waals surface area (Å²) < 4.78 is 27.1. The van der Waals surface area contributed by atoms with Gasteiger partial charge in [-0.05, 0) is 166 Å². The zero-order valence-electron chi connectivity index (χ0n) is 48.2. The Kier molecular flexibility index (Phi) is 11.0. The van der Waals surface area contributed by atoms with Gasteiger partial charge in [0.25, 0.3) is 0 Å². The maximum atomic E-state index is 6.93. The second-order valence-corrected chi connectivity index (χ2v) is 25.3. The summed E-state index contributed by atoms with van der Waals surface area (Å²) in [5.41, 5.74) is 18.4. The molecule has 11 aromatic carbocycles. The Hall–Kier alpha value is -9.26. The van der Waals surface area contributed by atoms with Gasteiger partial charge in [-0.3, -0.25) is 0 Å². The molecule has 4 heterocycles. The molecule has 15 rings (SSSR count). The lowest BCUT2D eigenvalue weighted by Crippen LogP contribution is -2.11. The van der Waals surface area contributed by atoms with Crippen molar-refractivity contribution in [1.29, 1.82) is 0 Å². The van der Waals surface area contributed by atoms with E-state index < -0.39 is 0 Å². The molecule has 0 N–H and O–H groups in total. The van der Waals surface area contributed by atoms with Crippen molar-refractivity contribution in [3.05, 3.63) is 216 Å². The van der Waals surface area contributed by atoms with Crippen LogP contribution in [0.15, 0.2) is 212 Å². The molecule has 0 atom stereocenters. The van der Waals surface area contributed by atoms with Crippen LogP contribution in [0.3, 0.4) is 0 Å². The normalized spacial score (nSPS) is 12.7. The monoisotopic (exact) mass is 1070 g/mol. The lowest BCUT2D eigenvalue weighted by Gasteiger charge is -2.26. The second kappa shape index (κ2) is 18.1. The van der Waals surface area contributed by atoms with Crippen LogP contribution in [0, 0.1) is 0 Å². The van der Waals surface area contributed by atoms with Gasteiger partial charge < -0.3 is 27.5 Å². The summed E-state index contributed by atoms with van der Waals surface area (Å²) in [6.07, 6.45) is 0. The fraction of sp³-hybridized carbons (Fsp3) is 0.184. The third kappa shape index (κ3) is 7.90. The van der Waals surface area contributed by atoms with Crippen LogP contribution in [0.2, 0.25) is 0 Å². The van der Waals surface area contributed by atoms with Crippen LogP contribution in [0.1, 0.15) is 103 Å². The van der Waals surface area contributed by atoms with Crippen molar-refractivity contribution in [3.63, 3.8) is 0 Å². The topological polar surface area (TPSA) is 59.0 Å². The first-order valence-corrected chi connectivity index (χ1v) is 28.9. The number of para-hydroxylation sites is 2. The number of hydrogen-bond acceptors (Lipinski definition) is 6. The van der Waals surface area contributed by atoms with E-state index in [1.807, 2.05) is 0 Å². The zero-order valence-corrected chi connectivity index (χ0v) is 48.2. The quantitative estimate of drug-likeness (QED) is 0.151. The molecule has 0 fully saturated rings. The van der Waals surface area contributed by atoms with E-state index in [1.165, 1.54) is 22.3 Å². The molecule has 82 heavy (non-hydrogen) atoms. The largest absolute Gasteiger partial charge is 0.456 e. The molecule has 0 aliphatic heterocycles. The maximum Gasteiger partial charge on any atom is 0.143 e. The third-order valence-corrected chi connectivity index (χ3v) is 17.2. The van der Waals surface area contributed by atoms with E-state index in [-0.39, 0.29) is 10.8 Å². The Labute approximate surface area is 476 Å². The van der Waals surface area contributed by atoms with E-state index in [9.17, 15) is 0 Å². The van der Waals surface area contributed by atoms with E-state index in [0.717, 1.165) is 143 Å². The van der Waals surface area contributed by atoms with Crippen molar-refractivity contribution in [2.75, 3.05) is 9.80 Å². The number of fused-ring (bicyclic) bond motifs is 16. The molecular weight excluding hydrogens is 1000 g/mol. The number of nitrogens with zero attached hydrogens (tertiary/aromatic N) is 2. The number of benzene rings is 11. The number of rotatable bonds is 8. The number of hydrogen-bond donors (Lipinski definition) is 0. The molecule has 0 aliphatic carbocycles. The lowest BCUT2D eigenvalue weighted by atomic mass is 9.86. The van der Waals surface area contributed by atoms with Crippen LogP contribution in [0.25, 0.3) is 109 Å². The van der Waals surface area contributed by atoms with Crippen molar-refractivity contribution >= 4 is 143 Å². The van der Waals surface area contributed by atoms with E-state index in [2.05, 4.69) is 273 Å². The summed E-state index contributed by atoms with van der Waals surface area (Å²) in [4.78, 5) is 4.71. The molecule has 0 spiro atoms. The molecule has 0 radical (unpaired) electrons.